The zero-order valence-electron chi connectivity index (χ0n) is 15.3. The van der Waals surface area contributed by atoms with Crippen LogP contribution in [-0.2, 0) is 4.74 Å². The first-order chi connectivity index (χ1) is 11.7. The van der Waals surface area contributed by atoms with Crippen LogP contribution >= 0.6 is 0 Å². The lowest BCUT2D eigenvalue weighted by Crippen LogP contribution is -2.39. The largest absolute Gasteiger partial charge is 0.497 e. The zero-order valence-corrected chi connectivity index (χ0v) is 15.3. The zero-order chi connectivity index (χ0) is 17.6. The highest BCUT2D eigenvalue weighted by atomic mass is 16.5. The minimum Gasteiger partial charge on any atom is -0.497 e. The summed E-state index contributed by atoms with van der Waals surface area (Å²) < 4.78 is 16.4. The quantitative estimate of drug-likeness (QED) is 0.368. The second-order valence-corrected chi connectivity index (χ2v) is 5.78. The van der Waals surface area contributed by atoms with Crippen LogP contribution in [0.3, 0.4) is 0 Å². The monoisotopic (exact) mass is 337 g/mol. The SMILES string of the molecule is CN=C(NCCCOCC(C)C)NCCOc1cccc(OC)c1. The minimum atomic E-state index is 0.547. The van der Waals surface area contributed by atoms with Crippen molar-refractivity contribution >= 4 is 5.96 Å². The first-order valence-electron chi connectivity index (χ1n) is 8.44. The molecular formula is C18H31N3O3. The molecule has 0 aliphatic carbocycles. The average Bonchev–Trinajstić information content (AvgIpc) is 2.59. The van der Waals surface area contributed by atoms with E-state index in [9.17, 15) is 0 Å². The Labute approximate surface area is 145 Å². The lowest BCUT2D eigenvalue weighted by Gasteiger charge is -2.13. The van der Waals surface area contributed by atoms with E-state index in [-0.39, 0.29) is 0 Å². The summed E-state index contributed by atoms with van der Waals surface area (Å²) in [5.41, 5.74) is 0. The van der Waals surface area contributed by atoms with E-state index in [1.807, 2.05) is 24.3 Å². The second kappa shape index (κ2) is 12.5. The summed E-state index contributed by atoms with van der Waals surface area (Å²) in [4.78, 5) is 4.18. The molecule has 0 spiro atoms. The van der Waals surface area contributed by atoms with Crippen molar-refractivity contribution in [3.63, 3.8) is 0 Å². The van der Waals surface area contributed by atoms with E-state index in [2.05, 4.69) is 29.5 Å². The van der Waals surface area contributed by atoms with Crippen LogP contribution in [0.15, 0.2) is 29.3 Å². The van der Waals surface area contributed by atoms with E-state index in [1.165, 1.54) is 0 Å². The molecule has 0 aliphatic heterocycles. The molecule has 1 rings (SSSR count). The van der Waals surface area contributed by atoms with Gasteiger partial charge in [0.2, 0.25) is 0 Å². The van der Waals surface area contributed by atoms with Crippen LogP contribution in [0.5, 0.6) is 11.5 Å². The van der Waals surface area contributed by atoms with Gasteiger partial charge in [0.1, 0.15) is 18.1 Å². The fraction of sp³-hybridized carbons (Fsp3) is 0.611. The summed E-state index contributed by atoms with van der Waals surface area (Å²) in [7, 11) is 3.40. The highest BCUT2D eigenvalue weighted by Crippen LogP contribution is 2.18. The third-order valence-electron chi connectivity index (χ3n) is 3.14. The van der Waals surface area contributed by atoms with Gasteiger partial charge in [0.15, 0.2) is 5.96 Å². The van der Waals surface area contributed by atoms with Gasteiger partial charge >= 0.3 is 0 Å². The van der Waals surface area contributed by atoms with Crippen LogP contribution in [0, 0.1) is 5.92 Å². The van der Waals surface area contributed by atoms with Gasteiger partial charge < -0.3 is 24.8 Å². The third-order valence-corrected chi connectivity index (χ3v) is 3.14. The van der Waals surface area contributed by atoms with E-state index in [4.69, 9.17) is 14.2 Å². The lowest BCUT2D eigenvalue weighted by molar-refractivity contribution is 0.108. The Balaban J connectivity index is 2.11. The average molecular weight is 337 g/mol. The molecule has 24 heavy (non-hydrogen) atoms. The minimum absolute atomic E-state index is 0.547. The Morgan fingerprint density at radius 3 is 2.58 bits per heavy atom. The maximum Gasteiger partial charge on any atom is 0.191 e. The fourth-order valence-corrected chi connectivity index (χ4v) is 1.95. The van der Waals surface area contributed by atoms with Crippen molar-refractivity contribution < 1.29 is 14.2 Å². The summed E-state index contributed by atoms with van der Waals surface area (Å²) >= 11 is 0. The molecule has 0 aliphatic rings. The van der Waals surface area contributed by atoms with Crippen LogP contribution in [0.2, 0.25) is 0 Å². The van der Waals surface area contributed by atoms with Crippen LogP contribution in [0.25, 0.3) is 0 Å². The molecule has 1 aromatic carbocycles. The van der Waals surface area contributed by atoms with Crippen LogP contribution in [0.4, 0.5) is 0 Å². The molecule has 0 saturated heterocycles. The second-order valence-electron chi connectivity index (χ2n) is 5.78. The molecule has 2 N–H and O–H groups in total. The Hall–Kier alpha value is -1.95. The Morgan fingerprint density at radius 2 is 1.88 bits per heavy atom. The molecule has 0 aromatic heterocycles. The molecule has 0 heterocycles. The van der Waals surface area contributed by atoms with Gasteiger partial charge in [0, 0.05) is 32.9 Å². The summed E-state index contributed by atoms with van der Waals surface area (Å²) in [5.74, 6) is 2.93. The Bertz CT molecular complexity index is 478. The molecule has 136 valence electrons. The first-order valence-corrected chi connectivity index (χ1v) is 8.44. The number of hydrogen-bond donors (Lipinski definition) is 2. The number of nitrogens with zero attached hydrogens (tertiary/aromatic N) is 1. The van der Waals surface area contributed by atoms with Crippen LogP contribution < -0.4 is 20.1 Å². The molecule has 0 bridgehead atoms. The van der Waals surface area contributed by atoms with E-state index >= 15 is 0 Å². The van der Waals surface area contributed by atoms with Gasteiger partial charge in [-0.25, -0.2) is 0 Å². The Morgan fingerprint density at radius 1 is 1.12 bits per heavy atom. The van der Waals surface area contributed by atoms with Crippen LogP contribution in [0.1, 0.15) is 20.3 Å². The molecule has 0 unspecified atom stereocenters. The van der Waals surface area contributed by atoms with Crippen molar-refractivity contribution in [3.05, 3.63) is 24.3 Å². The van der Waals surface area contributed by atoms with E-state index in [1.54, 1.807) is 14.2 Å². The molecule has 0 radical (unpaired) electrons. The fourth-order valence-electron chi connectivity index (χ4n) is 1.95. The molecule has 0 fully saturated rings. The van der Waals surface area contributed by atoms with Gasteiger partial charge in [-0.15, -0.1) is 0 Å². The van der Waals surface area contributed by atoms with Crippen molar-refractivity contribution in [1.29, 1.82) is 0 Å². The molecule has 6 heteroatoms. The predicted octanol–water partition coefficient (Wildman–Crippen LogP) is 2.30. The van der Waals surface area contributed by atoms with Crippen molar-refractivity contribution in [3.8, 4) is 11.5 Å². The maximum absolute atomic E-state index is 5.68. The van der Waals surface area contributed by atoms with Crippen molar-refractivity contribution in [2.45, 2.75) is 20.3 Å². The number of hydrogen-bond acceptors (Lipinski definition) is 4. The molecule has 0 amide bonds. The molecule has 6 nitrogen and oxygen atoms in total. The van der Waals surface area contributed by atoms with Crippen molar-refractivity contribution in [2.75, 3.05) is 47.1 Å². The number of rotatable bonds is 11. The van der Waals surface area contributed by atoms with Gasteiger partial charge in [0.25, 0.3) is 0 Å². The lowest BCUT2D eigenvalue weighted by atomic mass is 10.2. The number of methoxy groups -OCH3 is 1. The highest BCUT2D eigenvalue weighted by molar-refractivity contribution is 5.79. The van der Waals surface area contributed by atoms with Gasteiger partial charge in [-0.3, -0.25) is 4.99 Å². The first kappa shape index (κ1) is 20.1. The maximum atomic E-state index is 5.68. The summed E-state index contributed by atoms with van der Waals surface area (Å²) in [6.07, 6.45) is 0.952. The summed E-state index contributed by atoms with van der Waals surface area (Å²) in [6.45, 7) is 7.92. The Kier molecular flexibility index (Phi) is 10.4. The number of nitrogens with one attached hydrogen (secondary N) is 2. The van der Waals surface area contributed by atoms with Gasteiger partial charge in [-0.05, 0) is 24.5 Å². The van der Waals surface area contributed by atoms with E-state index in [0.717, 1.165) is 43.6 Å². The highest BCUT2D eigenvalue weighted by Gasteiger charge is 1.99. The summed E-state index contributed by atoms with van der Waals surface area (Å²) in [5, 5.41) is 6.48. The standard InChI is InChI=1S/C18H31N3O3/c1-15(2)14-23-11-6-9-20-18(19-3)21-10-12-24-17-8-5-7-16(13-17)22-4/h5,7-8,13,15H,6,9-12,14H2,1-4H3,(H2,19,20,21). The number of guanidine groups is 1. The van der Waals surface area contributed by atoms with Crippen molar-refractivity contribution in [1.82, 2.24) is 10.6 Å². The number of benzene rings is 1. The van der Waals surface area contributed by atoms with Crippen LogP contribution in [-0.4, -0.2) is 53.0 Å². The van der Waals surface area contributed by atoms with E-state index in [0.29, 0.717) is 19.1 Å². The normalized spacial score (nSPS) is 11.5. The number of ether oxygens (including phenoxy) is 3. The molecule has 1 aromatic rings. The smallest absolute Gasteiger partial charge is 0.191 e. The molecule has 0 saturated carbocycles. The molecular weight excluding hydrogens is 306 g/mol. The van der Waals surface area contributed by atoms with Gasteiger partial charge in [-0.1, -0.05) is 19.9 Å². The number of aliphatic imine (C=N–C) groups is 1. The predicted molar refractivity (Wildman–Crippen MR) is 98.1 cm³/mol. The van der Waals surface area contributed by atoms with E-state index < -0.39 is 0 Å². The van der Waals surface area contributed by atoms with Crippen molar-refractivity contribution in [2.24, 2.45) is 10.9 Å². The van der Waals surface area contributed by atoms with Gasteiger partial charge in [0.05, 0.1) is 13.7 Å². The summed E-state index contributed by atoms with van der Waals surface area (Å²) in [6, 6.07) is 7.57. The topological polar surface area (TPSA) is 64.1 Å². The molecule has 0 atom stereocenters. The van der Waals surface area contributed by atoms with Gasteiger partial charge in [-0.2, -0.15) is 0 Å². The third kappa shape index (κ3) is 9.25.